The Hall–Kier alpha value is -0.960. The maximum atomic E-state index is 5.98. The molecular weight excluding hydrogens is 234 g/mol. The third kappa shape index (κ3) is 3.03. The van der Waals surface area contributed by atoms with E-state index in [0.717, 1.165) is 30.7 Å². The van der Waals surface area contributed by atoms with Gasteiger partial charge in [-0.1, -0.05) is 11.6 Å². The minimum Gasteiger partial charge on any atom is -0.399 e. The van der Waals surface area contributed by atoms with Crippen LogP contribution in [0.2, 0.25) is 5.15 Å². The third-order valence-corrected chi connectivity index (χ3v) is 3.67. The van der Waals surface area contributed by atoms with Crippen LogP contribution in [-0.2, 0) is 0 Å². The van der Waals surface area contributed by atoms with Crippen LogP contribution in [0.25, 0.3) is 0 Å². The fourth-order valence-corrected chi connectivity index (χ4v) is 2.36. The van der Waals surface area contributed by atoms with Crippen LogP contribution in [0.3, 0.4) is 0 Å². The average Bonchev–Trinajstić information content (AvgIpc) is 3.09. The molecule has 1 aromatic heterocycles. The smallest absolute Gasteiger partial charge is 0.133 e. The molecule has 1 aromatic rings. The number of anilines is 2. The largest absolute Gasteiger partial charge is 0.399 e. The lowest BCUT2D eigenvalue weighted by atomic mass is 10.3. The highest BCUT2D eigenvalue weighted by Crippen LogP contribution is 2.35. The van der Waals surface area contributed by atoms with Gasteiger partial charge in [0.2, 0.25) is 0 Å². The van der Waals surface area contributed by atoms with Gasteiger partial charge in [-0.15, -0.1) is 0 Å². The molecule has 3 rings (SSSR count). The molecule has 0 spiro atoms. The van der Waals surface area contributed by atoms with Crippen molar-refractivity contribution in [2.75, 3.05) is 23.7 Å². The van der Waals surface area contributed by atoms with Gasteiger partial charge in [0.05, 0.1) is 0 Å². The zero-order chi connectivity index (χ0) is 11.8. The van der Waals surface area contributed by atoms with Gasteiger partial charge in [-0.05, 0) is 43.6 Å². The normalized spacial score (nSPS) is 19.4. The zero-order valence-electron chi connectivity index (χ0n) is 9.90. The first-order chi connectivity index (χ1) is 8.20. The Morgan fingerprint density at radius 2 is 1.76 bits per heavy atom. The predicted molar refractivity (Wildman–Crippen MR) is 71.3 cm³/mol. The fraction of sp³-hybridized carbons (Fsp3) is 0.615. The van der Waals surface area contributed by atoms with Crippen molar-refractivity contribution in [3.63, 3.8) is 0 Å². The van der Waals surface area contributed by atoms with Crippen LogP contribution < -0.4 is 10.6 Å². The van der Waals surface area contributed by atoms with Gasteiger partial charge < -0.3 is 10.6 Å². The molecule has 0 aromatic carbocycles. The molecule has 2 aliphatic carbocycles. The maximum Gasteiger partial charge on any atom is 0.133 e. The second-order valence-electron chi connectivity index (χ2n) is 5.37. The van der Waals surface area contributed by atoms with Gasteiger partial charge in [-0.25, -0.2) is 4.98 Å². The van der Waals surface area contributed by atoms with E-state index in [-0.39, 0.29) is 0 Å². The quantitative estimate of drug-likeness (QED) is 0.819. The molecule has 2 aliphatic rings. The lowest BCUT2D eigenvalue weighted by Gasteiger charge is -2.24. The van der Waals surface area contributed by atoms with Gasteiger partial charge in [-0.3, -0.25) is 0 Å². The molecule has 3 nitrogen and oxygen atoms in total. The fourth-order valence-electron chi connectivity index (χ4n) is 2.15. The van der Waals surface area contributed by atoms with Crippen LogP contribution in [0.1, 0.15) is 25.7 Å². The van der Waals surface area contributed by atoms with Crippen molar-refractivity contribution in [2.45, 2.75) is 25.7 Å². The molecule has 0 amide bonds. The summed E-state index contributed by atoms with van der Waals surface area (Å²) >= 11 is 5.98. The zero-order valence-corrected chi connectivity index (χ0v) is 10.7. The average molecular weight is 252 g/mol. The second-order valence-corrected chi connectivity index (χ2v) is 5.76. The Labute approximate surface area is 107 Å². The number of nitrogens with two attached hydrogens (primary N) is 1. The summed E-state index contributed by atoms with van der Waals surface area (Å²) in [6, 6.07) is 3.65. The summed E-state index contributed by atoms with van der Waals surface area (Å²) in [6.07, 6.45) is 5.43. The Bertz CT molecular complexity index is 379. The second kappa shape index (κ2) is 4.37. The van der Waals surface area contributed by atoms with Crippen molar-refractivity contribution >= 4 is 23.1 Å². The Morgan fingerprint density at radius 1 is 1.18 bits per heavy atom. The van der Waals surface area contributed by atoms with Crippen molar-refractivity contribution in [1.29, 1.82) is 0 Å². The number of nitrogens with zero attached hydrogens (tertiary/aromatic N) is 2. The molecule has 0 radical (unpaired) electrons. The topological polar surface area (TPSA) is 42.1 Å². The first kappa shape index (κ1) is 11.1. The molecule has 0 bridgehead atoms. The lowest BCUT2D eigenvalue weighted by molar-refractivity contribution is 0.672. The first-order valence-corrected chi connectivity index (χ1v) is 6.76. The number of nitrogen functional groups attached to an aromatic ring is 1. The maximum absolute atomic E-state index is 5.98. The molecule has 17 heavy (non-hydrogen) atoms. The van der Waals surface area contributed by atoms with Gasteiger partial charge in [0.25, 0.3) is 0 Å². The molecule has 0 saturated heterocycles. The van der Waals surface area contributed by atoms with Crippen LogP contribution in [-0.4, -0.2) is 18.1 Å². The van der Waals surface area contributed by atoms with Crippen LogP contribution in [0.5, 0.6) is 0 Å². The van der Waals surface area contributed by atoms with Crippen LogP contribution in [0, 0.1) is 11.8 Å². The van der Waals surface area contributed by atoms with Crippen LogP contribution in [0.15, 0.2) is 12.1 Å². The molecule has 2 N–H and O–H groups in total. The number of hydrogen-bond donors (Lipinski definition) is 1. The first-order valence-electron chi connectivity index (χ1n) is 6.39. The van der Waals surface area contributed by atoms with E-state index in [9.17, 15) is 0 Å². The van der Waals surface area contributed by atoms with E-state index >= 15 is 0 Å². The molecule has 1 heterocycles. The summed E-state index contributed by atoms with van der Waals surface area (Å²) in [5, 5.41) is 0.497. The summed E-state index contributed by atoms with van der Waals surface area (Å²) in [7, 11) is 0. The van der Waals surface area contributed by atoms with Gasteiger partial charge >= 0.3 is 0 Å². The standard InChI is InChI=1S/C13H18ClN3/c14-12-5-11(15)6-13(16-12)17(7-9-1-2-9)8-10-3-4-10/h5-6,9-10H,1-4,7-8H2,(H2,15,16). The minimum absolute atomic E-state index is 0.497. The van der Waals surface area contributed by atoms with Gasteiger partial charge in [0.15, 0.2) is 0 Å². The highest BCUT2D eigenvalue weighted by Gasteiger charge is 2.29. The van der Waals surface area contributed by atoms with Crippen molar-refractivity contribution in [3.05, 3.63) is 17.3 Å². The molecule has 4 heteroatoms. The minimum atomic E-state index is 0.497. The number of rotatable bonds is 5. The van der Waals surface area contributed by atoms with Gasteiger partial charge in [-0.2, -0.15) is 0 Å². The Kier molecular flexibility index (Phi) is 2.87. The van der Waals surface area contributed by atoms with E-state index in [1.807, 2.05) is 6.07 Å². The molecule has 0 atom stereocenters. The number of aromatic nitrogens is 1. The van der Waals surface area contributed by atoms with E-state index in [2.05, 4.69) is 9.88 Å². The molecule has 2 fully saturated rings. The van der Waals surface area contributed by atoms with E-state index in [4.69, 9.17) is 17.3 Å². The molecule has 2 saturated carbocycles. The van der Waals surface area contributed by atoms with Crippen molar-refractivity contribution < 1.29 is 0 Å². The molecule has 92 valence electrons. The predicted octanol–water partition coefficient (Wildman–Crippen LogP) is 2.94. The number of halogens is 1. The van der Waals surface area contributed by atoms with E-state index < -0.39 is 0 Å². The molecular formula is C13H18ClN3. The van der Waals surface area contributed by atoms with E-state index in [1.54, 1.807) is 6.07 Å². The van der Waals surface area contributed by atoms with Crippen molar-refractivity contribution in [1.82, 2.24) is 4.98 Å². The van der Waals surface area contributed by atoms with Gasteiger partial charge in [0.1, 0.15) is 11.0 Å². The SMILES string of the molecule is Nc1cc(Cl)nc(N(CC2CC2)CC2CC2)c1. The van der Waals surface area contributed by atoms with Crippen LogP contribution in [0.4, 0.5) is 11.5 Å². The van der Waals surface area contributed by atoms with E-state index in [1.165, 1.54) is 25.7 Å². The van der Waals surface area contributed by atoms with Crippen LogP contribution >= 0.6 is 11.6 Å². The Balaban J connectivity index is 1.78. The highest BCUT2D eigenvalue weighted by molar-refractivity contribution is 6.29. The van der Waals surface area contributed by atoms with Gasteiger partial charge in [0, 0.05) is 24.8 Å². The monoisotopic (exact) mass is 251 g/mol. The summed E-state index contributed by atoms with van der Waals surface area (Å²) in [4.78, 5) is 6.78. The Morgan fingerprint density at radius 3 is 2.24 bits per heavy atom. The highest BCUT2D eigenvalue weighted by atomic mass is 35.5. The summed E-state index contributed by atoms with van der Waals surface area (Å²) < 4.78 is 0. The number of hydrogen-bond acceptors (Lipinski definition) is 3. The van der Waals surface area contributed by atoms with Crippen molar-refractivity contribution in [2.24, 2.45) is 11.8 Å². The van der Waals surface area contributed by atoms with E-state index in [0.29, 0.717) is 10.8 Å². The summed E-state index contributed by atoms with van der Waals surface area (Å²) in [6.45, 7) is 2.23. The number of pyridine rings is 1. The van der Waals surface area contributed by atoms with Crippen molar-refractivity contribution in [3.8, 4) is 0 Å². The lowest BCUT2D eigenvalue weighted by Crippen LogP contribution is -2.29. The molecule has 0 unspecified atom stereocenters. The summed E-state index contributed by atoms with van der Waals surface area (Å²) in [5.74, 6) is 2.67. The summed E-state index contributed by atoms with van der Waals surface area (Å²) in [5.41, 5.74) is 6.54. The third-order valence-electron chi connectivity index (χ3n) is 3.48. The molecule has 0 aliphatic heterocycles.